The van der Waals surface area contributed by atoms with Crippen LogP contribution in [0.4, 0.5) is 10.1 Å². The van der Waals surface area contributed by atoms with Crippen molar-refractivity contribution in [3.05, 3.63) is 130 Å². The molecular formula is C33H32Cl2FN3O4S. The van der Waals surface area contributed by atoms with Crippen LogP contribution in [0.2, 0.25) is 10.0 Å². The highest BCUT2D eigenvalue weighted by molar-refractivity contribution is 7.92. The summed E-state index contributed by atoms with van der Waals surface area (Å²) in [6, 6.07) is 25.5. The van der Waals surface area contributed by atoms with Gasteiger partial charge in [0.15, 0.2) is 0 Å². The van der Waals surface area contributed by atoms with Crippen molar-refractivity contribution < 1.29 is 22.4 Å². The molecule has 2 amide bonds. The number of carbonyl (C=O) groups is 2. The maximum Gasteiger partial charge on any atom is 0.264 e. The lowest BCUT2D eigenvalue weighted by Gasteiger charge is -2.34. The molecule has 4 aromatic carbocycles. The molecule has 0 saturated carbocycles. The summed E-state index contributed by atoms with van der Waals surface area (Å²) in [5.74, 6) is -1.76. The lowest BCUT2D eigenvalue weighted by Crippen LogP contribution is -2.54. The Morgan fingerprint density at radius 1 is 0.841 bits per heavy atom. The molecule has 0 aliphatic rings. The quantitative estimate of drug-likeness (QED) is 0.189. The zero-order chi connectivity index (χ0) is 31.9. The fourth-order valence-electron chi connectivity index (χ4n) is 4.68. The molecule has 0 bridgehead atoms. The van der Waals surface area contributed by atoms with Crippen LogP contribution in [0.15, 0.2) is 108 Å². The first-order valence-corrected chi connectivity index (χ1v) is 16.1. The molecule has 7 nitrogen and oxygen atoms in total. The Hall–Kier alpha value is -3.92. The van der Waals surface area contributed by atoms with E-state index in [2.05, 4.69) is 5.32 Å². The number of benzene rings is 4. The molecule has 0 saturated heterocycles. The van der Waals surface area contributed by atoms with Gasteiger partial charge in [-0.3, -0.25) is 13.9 Å². The van der Waals surface area contributed by atoms with Crippen LogP contribution in [0.5, 0.6) is 0 Å². The second-order valence-corrected chi connectivity index (χ2v) is 13.2. The zero-order valence-electron chi connectivity index (χ0n) is 24.2. The van der Waals surface area contributed by atoms with Crippen molar-refractivity contribution in [1.82, 2.24) is 10.2 Å². The Balaban J connectivity index is 1.83. The van der Waals surface area contributed by atoms with Gasteiger partial charge in [-0.05, 0) is 55.8 Å². The second-order valence-electron chi connectivity index (χ2n) is 10.4. The first kappa shape index (κ1) is 33.0. The van der Waals surface area contributed by atoms with Crippen LogP contribution in [0.3, 0.4) is 0 Å². The van der Waals surface area contributed by atoms with Crippen molar-refractivity contribution >= 4 is 50.7 Å². The Bertz CT molecular complexity index is 1690. The molecule has 4 rings (SSSR count). The minimum Gasteiger partial charge on any atom is -0.352 e. The minimum absolute atomic E-state index is 0.0526. The van der Waals surface area contributed by atoms with Crippen LogP contribution in [0.1, 0.15) is 25.0 Å². The van der Waals surface area contributed by atoms with Crippen molar-refractivity contribution in [2.45, 2.75) is 43.8 Å². The highest BCUT2D eigenvalue weighted by Gasteiger charge is 2.35. The van der Waals surface area contributed by atoms with Gasteiger partial charge < -0.3 is 10.2 Å². The zero-order valence-corrected chi connectivity index (χ0v) is 26.5. The largest absolute Gasteiger partial charge is 0.352 e. The third kappa shape index (κ3) is 8.37. The monoisotopic (exact) mass is 655 g/mol. The van der Waals surface area contributed by atoms with Gasteiger partial charge in [0.05, 0.1) is 10.6 Å². The van der Waals surface area contributed by atoms with Gasteiger partial charge in [-0.15, -0.1) is 0 Å². The molecule has 0 radical (unpaired) electrons. The van der Waals surface area contributed by atoms with Crippen LogP contribution < -0.4 is 9.62 Å². The summed E-state index contributed by atoms with van der Waals surface area (Å²) in [5.41, 5.74) is 0.981. The normalized spacial score (nSPS) is 12.0. The molecule has 0 unspecified atom stereocenters. The molecule has 11 heteroatoms. The molecule has 0 spiro atoms. The molecule has 1 atom stereocenters. The van der Waals surface area contributed by atoms with Crippen molar-refractivity contribution in [2.24, 2.45) is 0 Å². The van der Waals surface area contributed by atoms with Gasteiger partial charge in [0.2, 0.25) is 11.8 Å². The Kier molecular flexibility index (Phi) is 11.0. The van der Waals surface area contributed by atoms with Crippen LogP contribution in [0.25, 0.3) is 0 Å². The SMILES string of the molecule is CC(C)NC(=O)[C@@H](Cc1ccccc1)N(Cc1ccccc1F)C(=O)CN(c1cc(Cl)cc(Cl)c1)S(=O)(=O)c1ccccc1. The lowest BCUT2D eigenvalue weighted by atomic mass is 10.0. The Morgan fingerprint density at radius 3 is 2.00 bits per heavy atom. The number of sulfonamides is 1. The number of hydrogen-bond acceptors (Lipinski definition) is 4. The smallest absolute Gasteiger partial charge is 0.264 e. The highest BCUT2D eigenvalue weighted by atomic mass is 35.5. The summed E-state index contributed by atoms with van der Waals surface area (Å²) in [5, 5.41) is 3.19. The van der Waals surface area contributed by atoms with E-state index in [0.29, 0.717) is 0 Å². The van der Waals surface area contributed by atoms with E-state index < -0.39 is 40.2 Å². The van der Waals surface area contributed by atoms with Gasteiger partial charge in [-0.1, -0.05) is 89.9 Å². The van der Waals surface area contributed by atoms with E-state index in [0.717, 1.165) is 9.87 Å². The number of amides is 2. The van der Waals surface area contributed by atoms with Crippen LogP contribution in [-0.4, -0.2) is 43.8 Å². The van der Waals surface area contributed by atoms with Gasteiger partial charge >= 0.3 is 0 Å². The number of rotatable bonds is 12. The average molecular weight is 657 g/mol. The molecule has 0 aromatic heterocycles. The number of nitrogens with zero attached hydrogens (tertiary/aromatic N) is 2. The van der Waals surface area contributed by atoms with E-state index in [1.165, 1.54) is 53.4 Å². The summed E-state index contributed by atoms with van der Waals surface area (Å²) in [4.78, 5) is 29.2. The van der Waals surface area contributed by atoms with Crippen molar-refractivity contribution in [1.29, 1.82) is 0 Å². The van der Waals surface area contributed by atoms with Crippen molar-refractivity contribution in [2.75, 3.05) is 10.8 Å². The first-order valence-electron chi connectivity index (χ1n) is 13.9. The predicted molar refractivity (Wildman–Crippen MR) is 172 cm³/mol. The van der Waals surface area contributed by atoms with E-state index in [-0.39, 0.29) is 45.2 Å². The minimum atomic E-state index is -4.33. The topological polar surface area (TPSA) is 86.8 Å². The maximum atomic E-state index is 15.0. The fraction of sp³-hybridized carbons (Fsp3) is 0.212. The van der Waals surface area contributed by atoms with E-state index in [9.17, 15) is 22.4 Å². The van der Waals surface area contributed by atoms with Gasteiger partial charge in [-0.2, -0.15) is 0 Å². The molecule has 0 aliphatic heterocycles. The Morgan fingerprint density at radius 2 is 1.41 bits per heavy atom. The predicted octanol–water partition coefficient (Wildman–Crippen LogP) is 6.49. The van der Waals surface area contributed by atoms with Crippen molar-refractivity contribution in [3.8, 4) is 0 Å². The molecule has 4 aromatic rings. The van der Waals surface area contributed by atoms with E-state index in [1.807, 2.05) is 30.3 Å². The van der Waals surface area contributed by atoms with E-state index in [4.69, 9.17) is 23.2 Å². The highest BCUT2D eigenvalue weighted by Crippen LogP contribution is 2.30. The number of carbonyl (C=O) groups excluding carboxylic acids is 2. The number of nitrogens with one attached hydrogen (secondary N) is 1. The third-order valence-corrected chi connectivity index (χ3v) is 8.97. The Labute approximate surface area is 267 Å². The summed E-state index contributed by atoms with van der Waals surface area (Å²) in [7, 11) is -4.33. The molecule has 44 heavy (non-hydrogen) atoms. The standard InChI is InChI=1S/C33H32Cl2FN3O4S/c1-23(2)37-33(41)31(17-24-11-5-3-6-12-24)38(21-25-13-9-10-16-30(25)36)32(40)22-39(28-19-26(34)18-27(35)20-28)44(42,43)29-14-7-4-8-15-29/h3-16,18-20,23,31H,17,21-22H2,1-2H3,(H,37,41)/t31-/m1/s1. The van der Waals surface area contributed by atoms with Crippen LogP contribution >= 0.6 is 23.2 Å². The van der Waals surface area contributed by atoms with Crippen molar-refractivity contribution in [3.63, 3.8) is 0 Å². The lowest BCUT2D eigenvalue weighted by molar-refractivity contribution is -0.140. The third-order valence-electron chi connectivity index (χ3n) is 6.75. The molecule has 230 valence electrons. The summed E-state index contributed by atoms with van der Waals surface area (Å²) >= 11 is 12.5. The van der Waals surface area contributed by atoms with Crippen LogP contribution in [-0.2, 0) is 32.6 Å². The summed E-state index contributed by atoms with van der Waals surface area (Å²) in [6.45, 7) is 2.57. The average Bonchev–Trinajstić information content (AvgIpc) is 2.98. The van der Waals surface area contributed by atoms with E-state index in [1.54, 1.807) is 38.1 Å². The summed E-state index contributed by atoms with van der Waals surface area (Å²) < 4.78 is 43.9. The van der Waals surface area contributed by atoms with Gasteiger partial charge in [-0.25, -0.2) is 12.8 Å². The van der Waals surface area contributed by atoms with Gasteiger partial charge in [0, 0.05) is 34.6 Å². The number of hydrogen-bond donors (Lipinski definition) is 1. The second kappa shape index (κ2) is 14.7. The number of halogens is 3. The molecule has 1 N–H and O–H groups in total. The molecule has 0 heterocycles. The molecule has 0 fully saturated rings. The first-order chi connectivity index (χ1) is 21.0. The van der Waals surface area contributed by atoms with Crippen LogP contribution in [0, 0.1) is 5.82 Å². The van der Waals surface area contributed by atoms with Gasteiger partial charge in [0.25, 0.3) is 10.0 Å². The fourth-order valence-corrected chi connectivity index (χ4v) is 6.61. The number of anilines is 1. The molecule has 0 aliphatic carbocycles. The van der Waals surface area contributed by atoms with E-state index >= 15 is 0 Å². The summed E-state index contributed by atoms with van der Waals surface area (Å²) in [6.07, 6.45) is 0.105. The van der Waals surface area contributed by atoms with Gasteiger partial charge in [0.1, 0.15) is 18.4 Å². The maximum absolute atomic E-state index is 15.0. The molecular weight excluding hydrogens is 624 g/mol.